The molecule has 2 fully saturated rings. The van der Waals surface area contributed by atoms with Crippen LogP contribution in [0.3, 0.4) is 0 Å². The van der Waals surface area contributed by atoms with Crippen molar-refractivity contribution in [3.8, 4) is 6.07 Å². The molecule has 0 unspecified atom stereocenters. The van der Waals surface area contributed by atoms with E-state index in [0.717, 1.165) is 36.3 Å². The molecule has 2 aliphatic heterocycles. The number of nitriles is 1. The van der Waals surface area contributed by atoms with Gasteiger partial charge in [-0.2, -0.15) is 10.4 Å². The molecule has 0 saturated carbocycles. The number of rotatable bonds is 6. The fourth-order valence-corrected chi connectivity index (χ4v) is 5.26. The first-order valence-corrected chi connectivity index (χ1v) is 11.2. The van der Waals surface area contributed by atoms with E-state index >= 15 is 0 Å². The summed E-state index contributed by atoms with van der Waals surface area (Å²) < 4.78 is 1.59. The SMILES string of the molecule is Cc1cc(Nc2cc3c(=O)n(C)ccc3c(N[C@@H]3C[C@H]4CC[C@@H](C3)N4CCC#N)n2)n[nH]1. The zero-order chi connectivity index (χ0) is 22.2. The van der Waals surface area contributed by atoms with Crippen molar-refractivity contribution in [1.29, 1.82) is 5.26 Å². The van der Waals surface area contributed by atoms with Gasteiger partial charge in [0.25, 0.3) is 5.56 Å². The summed E-state index contributed by atoms with van der Waals surface area (Å²) in [6.07, 6.45) is 6.78. The number of nitrogens with one attached hydrogen (secondary N) is 3. The molecule has 2 saturated heterocycles. The van der Waals surface area contributed by atoms with Crippen LogP contribution in [-0.4, -0.2) is 49.3 Å². The molecular formula is C23H28N8O. The third kappa shape index (κ3) is 3.82. The summed E-state index contributed by atoms with van der Waals surface area (Å²) in [5, 5.41) is 24.5. The minimum Gasteiger partial charge on any atom is -0.367 e. The average Bonchev–Trinajstić information content (AvgIpc) is 3.28. The van der Waals surface area contributed by atoms with Gasteiger partial charge in [0, 0.05) is 61.5 Å². The highest BCUT2D eigenvalue weighted by molar-refractivity contribution is 5.93. The van der Waals surface area contributed by atoms with Gasteiger partial charge < -0.3 is 15.2 Å². The Morgan fingerprint density at radius 3 is 2.69 bits per heavy atom. The molecule has 3 atom stereocenters. The van der Waals surface area contributed by atoms with E-state index in [2.05, 4.69) is 31.8 Å². The Kier molecular flexibility index (Phi) is 5.31. The van der Waals surface area contributed by atoms with Gasteiger partial charge in [-0.3, -0.25) is 14.8 Å². The van der Waals surface area contributed by atoms with Crippen molar-refractivity contribution in [2.24, 2.45) is 7.05 Å². The number of aromatic amines is 1. The van der Waals surface area contributed by atoms with Crippen LogP contribution in [0, 0.1) is 18.3 Å². The zero-order valence-electron chi connectivity index (χ0n) is 18.4. The molecule has 0 spiro atoms. The van der Waals surface area contributed by atoms with Gasteiger partial charge in [0.1, 0.15) is 11.6 Å². The van der Waals surface area contributed by atoms with Crippen molar-refractivity contribution in [2.45, 2.75) is 57.2 Å². The number of piperidine rings is 1. The second kappa shape index (κ2) is 8.28. The van der Waals surface area contributed by atoms with Gasteiger partial charge in [0.2, 0.25) is 0 Å². The molecule has 32 heavy (non-hydrogen) atoms. The van der Waals surface area contributed by atoms with Crippen LogP contribution in [0.4, 0.5) is 17.5 Å². The second-order valence-electron chi connectivity index (χ2n) is 8.95. The van der Waals surface area contributed by atoms with Gasteiger partial charge in [-0.1, -0.05) is 0 Å². The molecule has 0 aromatic carbocycles. The smallest absolute Gasteiger partial charge is 0.258 e. The molecule has 3 aromatic heterocycles. The van der Waals surface area contributed by atoms with Crippen molar-refractivity contribution < 1.29 is 0 Å². The minimum absolute atomic E-state index is 0.0550. The van der Waals surface area contributed by atoms with Crippen LogP contribution in [-0.2, 0) is 7.05 Å². The van der Waals surface area contributed by atoms with E-state index in [1.165, 1.54) is 12.8 Å². The Morgan fingerprint density at radius 1 is 1.22 bits per heavy atom. The van der Waals surface area contributed by atoms with Crippen molar-refractivity contribution in [1.82, 2.24) is 24.6 Å². The summed E-state index contributed by atoms with van der Waals surface area (Å²) in [5.41, 5.74) is 0.891. The summed E-state index contributed by atoms with van der Waals surface area (Å²) in [6.45, 7) is 2.80. The molecule has 0 aliphatic carbocycles. The van der Waals surface area contributed by atoms with E-state index in [4.69, 9.17) is 10.2 Å². The van der Waals surface area contributed by atoms with E-state index < -0.39 is 0 Å². The van der Waals surface area contributed by atoms with Crippen LogP contribution in [0.25, 0.3) is 10.8 Å². The fourth-order valence-electron chi connectivity index (χ4n) is 5.26. The molecule has 166 valence electrons. The zero-order valence-corrected chi connectivity index (χ0v) is 18.4. The summed E-state index contributed by atoms with van der Waals surface area (Å²) in [4.78, 5) is 20.2. The topological polar surface area (TPSA) is 115 Å². The standard InChI is InChI=1S/C23H28N8O/c1-14-10-21(29-28-14)26-20-13-19-18(6-9-30(2)23(19)32)22(27-20)25-15-11-16-4-5-17(12-15)31(16)8-3-7-24/h6,9-10,13,15-17H,3-5,8,11-12H2,1-2H3,(H3,25,26,27,28,29)/t15-,16-,17+. The van der Waals surface area contributed by atoms with Crippen LogP contribution < -0.4 is 16.2 Å². The molecule has 5 heterocycles. The van der Waals surface area contributed by atoms with Crippen molar-refractivity contribution in [3.63, 3.8) is 0 Å². The van der Waals surface area contributed by atoms with Gasteiger partial charge in [-0.05, 0) is 44.7 Å². The van der Waals surface area contributed by atoms with Crippen LogP contribution in [0.15, 0.2) is 29.2 Å². The van der Waals surface area contributed by atoms with E-state index in [9.17, 15) is 4.79 Å². The second-order valence-corrected chi connectivity index (χ2v) is 8.95. The molecule has 5 rings (SSSR count). The molecule has 3 N–H and O–H groups in total. The maximum absolute atomic E-state index is 12.9. The lowest BCUT2D eigenvalue weighted by Gasteiger charge is -2.39. The molecule has 9 heteroatoms. The number of hydrogen-bond acceptors (Lipinski definition) is 7. The number of fused-ring (bicyclic) bond motifs is 3. The third-order valence-corrected chi connectivity index (χ3v) is 6.74. The molecule has 2 bridgehead atoms. The molecular weight excluding hydrogens is 404 g/mol. The average molecular weight is 433 g/mol. The quantitative estimate of drug-likeness (QED) is 0.548. The van der Waals surface area contributed by atoms with E-state index in [1.54, 1.807) is 23.9 Å². The van der Waals surface area contributed by atoms with Crippen molar-refractivity contribution in [2.75, 3.05) is 17.2 Å². The normalized spacial score (nSPS) is 22.7. The number of aromatic nitrogens is 4. The highest BCUT2D eigenvalue weighted by Gasteiger charge is 2.40. The first-order chi connectivity index (χ1) is 15.5. The van der Waals surface area contributed by atoms with E-state index in [0.29, 0.717) is 35.5 Å². The molecule has 3 aromatic rings. The Bertz CT molecular complexity index is 1230. The molecule has 0 radical (unpaired) electrons. The Hall–Kier alpha value is -3.38. The minimum atomic E-state index is -0.0550. The van der Waals surface area contributed by atoms with E-state index in [1.807, 2.05) is 19.1 Å². The fraction of sp³-hybridized carbons (Fsp3) is 0.478. The van der Waals surface area contributed by atoms with Crippen molar-refractivity contribution in [3.05, 3.63) is 40.4 Å². The van der Waals surface area contributed by atoms with Gasteiger partial charge in [0.05, 0.1) is 11.5 Å². The Morgan fingerprint density at radius 2 is 2.00 bits per heavy atom. The summed E-state index contributed by atoms with van der Waals surface area (Å²) in [6, 6.07) is 9.22. The Balaban J connectivity index is 1.45. The van der Waals surface area contributed by atoms with Gasteiger partial charge >= 0.3 is 0 Å². The number of nitrogens with zero attached hydrogens (tertiary/aromatic N) is 5. The summed E-state index contributed by atoms with van der Waals surface area (Å²) in [5.74, 6) is 1.98. The maximum atomic E-state index is 12.9. The van der Waals surface area contributed by atoms with E-state index in [-0.39, 0.29) is 11.6 Å². The number of hydrogen-bond donors (Lipinski definition) is 3. The third-order valence-electron chi connectivity index (χ3n) is 6.74. The lowest BCUT2D eigenvalue weighted by Crippen LogP contribution is -2.47. The van der Waals surface area contributed by atoms with Gasteiger partial charge in [0.15, 0.2) is 5.82 Å². The van der Waals surface area contributed by atoms with Crippen LogP contribution in [0.2, 0.25) is 0 Å². The van der Waals surface area contributed by atoms with Gasteiger partial charge in [-0.25, -0.2) is 4.98 Å². The van der Waals surface area contributed by atoms with Crippen LogP contribution >= 0.6 is 0 Å². The first kappa shape index (κ1) is 20.5. The van der Waals surface area contributed by atoms with Crippen LogP contribution in [0.1, 0.15) is 37.8 Å². The highest BCUT2D eigenvalue weighted by Crippen LogP contribution is 2.37. The van der Waals surface area contributed by atoms with Gasteiger partial charge in [-0.15, -0.1) is 0 Å². The maximum Gasteiger partial charge on any atom is 0.258 e. The lowest BCUT2D eigenvalue weighted by molar-refractivity contribution is 0.136. The number of H-pyrrole nitrogens is 1. The Labute approximate surface area is 186 Å². The molecule has 9 nitrogen and oxygen atoms in total. The predicted molar refractivity (Wildman–Crippen MR) is 124 cm³/mol. The molecule has 2 aliphatic rings. The number of pyridine rings is 2. The first-order valence-electron chi connectivity index (χ1n) is 11.2. The predicted octanol–water partition coefficient (Wildman–Crippen LogP) is 3.03. The van der Waals surface area contributed by atoms with Crippen LogP contribution in [0.5, 0.6) is 0 Å². The number of aryl methyl sites for hydroxylation is 2. The molecule has 0 amide bonds. The number of anilines is 3. The van der Waals surface area contributed by atoms with Crippen molar-refractivity contribution >= 4 is 28.2 Å². The summed E-state index contributed by atoms with van der Waals surface area (Å²) >= 11 is 0. The highest BCUT2D eigenvalue weighted by atomic mass is 16.1. The largest absolute Gasteiger partial charge is 0.367 e. The lowest BCUT2D eigenvalue weighted by atomic mass is 9.97. The summed E-state index contributed by atoms with van der Waals surface area (Å²) in [7, 11) is 1.76. The monoisotopic (exact) mass is 432 g/mol.